The van der Waals surface area contributed by atoms with Gasteiger partial charge in [0.1, 0.15) is 5.60 Å². The summed E-state index contributed by atoms with van der Waals surface area (Å²) in [6.45, 7) is 8.84. The third-order valence-electron chi connectivity index (χ3n) is 2.34. The first-order valence-corrected chi connectivity index (χ1v) is 6.21. The highest BCUT2D eigenvalue weighted by Gasteiger charge is 2.21. The quantitative estimate of drug-likeness (QED) is 0.814. The van der Waals surface area contributed by atoms with E-state index in [-0.39, 0.29) is 11.9 Å². The average Bonchev–Trinajstić information content (AvgIpc) is 2.28. The highest BCUT2D eigenvalue weighted by atomic mass is 16.6. The van der Waals surface area contributed by atoms with Crippen LogP contribution in [-0.2, 0) is 16.1 Å². The summed E-state index contributed by atoms with van der Waals surface area (Å²) in [5.74, 6) is -0.309. The molecule has 0 saturated carbocycles. The Morgan fingerprint density at radius 3 is 2.56 bits per heavy atom. The predicted octanol–water partition coefficient (Wildman–Crippen LogP) is 2.15. The van der Waals surface area contributed by atoms with Gasteiger partial charge in [-0.1, -0.05) is 6.92 Å². The molecule has 1 atom stereocenters. The molecular formula is C14H22N2O2. The summed E-state index contributed by atoms with van der Waals surface area (Å²) in [4.78, 5) is 15.7. The molecule has 1 rings (SSSR count). The molecule has 0 saturated heterocycles. The summed E-state index contributed by atoms with van der Waals surface area (Å²) < 4.78 is 5.31. The molecule has 100 valence electrons. The number of hydrogen-bond donors (Lipinski definition) is 1. The molecule has 0 fully saturated rings. The number of rotatable bonds is 5. The number of ether oxygens (including phenoxy) is 1. The van der Waals surface area contributed by atoms with Gasteiger partial charge in [0.15, 0.2) is 0 Å². The van der Waals surface area contributed by atoms with E-state index in [1.54, 1.807) is 12.4 Å². The van der Waals surface area contributed by atoms with Gasteiger partial charge in [-0.05, 0) is 38.5 Å². The molecule has 4 heteroatoms. The highest BCUT2D eigenvalue weighted by molar-refractivity contribution is 5.72. The van der Waals surface area contributed by atoms with Crippen molar-refractivity contribution in [2.24, 2.45) is 5.92 Å². The van der Waals surface area contributed by atoms with Crippen LogP contribution in [-0.4, -0.2) is 23.1 Å². The van der Waals surface area contributed by atoms with Crippen LogP contribution in [0.25, 0.3) is 0 Å². The summed E-state index contributed by atoms with van der Waals surface area (Å²) in [5, 5.41) is 3.24. The summed E-state index contributed by atoms with van der Waals surface area (Å²) in [6, 6.07) is 3.90. The van der Waals surface area contributed by atoms with E-state index in [1.165, 1.54) is 0 Å². The van der Waals surface area contributed by atoms with Gasteiger partial charge in [-0.3, -0.25) is 9.78 Å². The molecule has 1 N–H and O–H groups in total. The zero-order valence-electron chi connectivity index (χ0n) is 11.6. The molecule has 4 nitrogen and oxygen atoms in total. The summed E-state index contributed by atoms with van der Waals surface area (Å²) in [6.07, 6.45) is 3.52. The summed E-state index contributed by atoms with van der Waals surface area (Å²) >= 11 is 0. The van der Waals surface area contributed by atoms with Crippen molar-refractivity contribution >= 4 is 5.97 Å². The van der Waals surface area contributed by atoms with Gasteiger partial charge in [-0.15, -0.1) is 0 Å². The van der Waals surface area contributed by atoms with E-state index in [1.807, 2.05) is 39.8 Å². The fourth-order valence-corrected chi connectivity index (χ4v) is 1.42. The number of esters is 1. The molecule has 1 heterocycles. The lowest BCUT2D eigenvalue weighted by molar-refractivity contribution is -0.159. The van der Waals surface area contributed by atoms with E-state index < -0.39 is 5.60 Å². The fraction of sp³-hybridized carbons (Fsp3) is 0.571. The minimum absolute atomic E-state index is 0.147. The molecule has 0 aliphatic carbocycles. The number of pyridine rings is 1. The molecule has 0 aliphatic heterocycles. The van der Waals surface area contributed by atoms with E-state index >= 15 is 0 Å². The standard InChI is InChI=1S/C14H22N2O2/c1-11(13(17)18-14(2,3)4)9-16-10-12-5-7-15-8-6-12/h5-8,11,16H,9-10H2,1-4H3. The van der Waals surface area contributed by atoms with E-state index in [9.17, 15) is 4.79 Å². The van der Waals surface area contributed by atoms with Gasteiger partial charge in [0.05, 0.1) is 5.92 Å². The van der Waals surface area contributed by atoms with E-state index in [0.29, 0.717) is 6.54 Å². The molecule has 0 aliphatic rings. The molecule has 0 amide bonds. The zero-order chi connectivity index (χ0) is 13.6. The van der Waals surface area contributed by atoms with Crippen LogP contribution in [0.5, 0.6) is 0 Å². The maximum Gasteiger partial charge on any atom is 0.310 e. The predicted molar refractivity (Wildman–Crippen MR) is 71.0 cm³/mol. The molecule has 1 unspecified atom stereocenters. The molecule has 1 aromatic rings. The molecule has 0 bridgehead atoms. The first kappa shape index (κ1) is 14.6. The third kappa shape index (κ3) is 5.77. The molecule has 0 spiro atoms. The topological polar surface area (TPSA) is 51.2 Å². The van der Waals surface area contributed by atoms with Crippen LogP contribution >= 0.6 is 0 Å². The molecular weight excluding hydrogens is 228 g/mol. The minimum Gasteiger partial charge on any atom is -0.460 e. The lowest BCUT2D eigenvalue weighted by Gasteiger charge is -2.22. The lowest BCUT2D eigenvalue weighted by Crippen LogP contribution is -2.32. The monoisotopic (exact) mass is 250 g/mol. The first-order chi connectivity index (χ1) is 8.38. The maximum atomic E-state index is 11.7. The molecule has 1 aromatic heterocycles. The van der Waals surface area contributed by atoms with Crippen LogP contribution in [0.3, 0.4) is 0 Å². The Balaban J connectivity index is 2.29. The first-order valence-electron chi connectivity index (χ1n) is 6.21. The van der Waals surface area contributed by atoms with Gasteiger partial charge in [-0.25, -0.2) is 0 Å². The summed E-state index contributed by atoms with van der Waals surface area (Å²) in [5.41, 5.74) is 0.734. The van der Waals surface area contributed by atoms with Crippen molar-refractivity contribution in [3.05, 3.63) is 30.1 Å². The van der Waals surface area contributed by atoms with Crippen molar-refractivity contribution in [1.82, 2.24) is 10.3 Å². The van der Waals surface area contributed by atoms with Gasteiger partial charge < -0.3 is 10.1 Å². The number of aromatic nitrogens is 1. The SMILES string of the molecule is CC(CNCc1ccncc1)C(=O)OC(C)(C)C. The second-order valence-corrected chi connectivity index (χ2v) is 5.42. The van der Waals surface area contributed by atoms with E-state index in [0.717, 1.165) is 12.1 Å². The number of carbonyl (C=O) groups excluding carboxylic acids is 1. The lowest BCUT2D eigenvalue weighted by atomic mass is 10.1. The number of carbonyl (C=O) groups is 1. The number of nitrogens with one attached hydrogen (secondary N) is 1. The maximum absolute atomic E-state index is 11.7. The van der Waals surface area contributed by atoms with Crippen LogP contribution in [0.15, 0.2) is 24.5 Å². The van der Waals surface area contributed by atoms with Crippen LogP contribution in [0.2, 0.25) is 0 Å². The second-order valence-electron chi connectivity index (χ2n) is 5.42. The Morgan fingerprint density at radius 1 is 1.39 bits per heavy atom. The van der Waals surface area contributed by atoms with E-state index in [4.69, 9.17) is 4.74 Å². The zero-order valence-corrected chi connectivity index (χ0v) is 11.6. The Hall–Kier alpha value is -1.42. The largest absolute Gasteiger partial charge is 0.460 e. The van der Waals surface area contributed by atoms with Crippen molar-refractivity contribution in [2.45, 2.75) is 39.8 Å². The average molecular weight is 250 g/mol. The van der Waals surface area contributed by atoms with Crippen LogP contribution in [0, 0.1) is 5.92 Å². The van der Waals surface area contributed by atoms with Crippen molar-refractivity contribution in [3.63, 3.8) is 0 Å². The van der Waals surface area contributed by atoms with Gasteiger partial charge in [0.2, 0.25) is 0 Å². The Kier molecular flexibility index (Phi) is 5.28. The van der Waals surface area contributed by atoms with Crippen molar-refractivity contribution in [1.29, 1.82) is 0 Å². The Bertz CT molecular complexity index is 371. The third-order valence-corrected chi connectivity index (χ3v) is 2.34. The smallest absolute Gasteiger partial charge is 0.310 e. The van der Waals surface area contributed by atoms with Gasteiger partial charge in [0.25, 0.3) is 0 Å². The van der Waals surface area contributed by atoms with Gasteiger partial charge >= 0.3 is 5.97 Å². The van der Waals surface area contributed by atoms with Crippen LogP contribution in [0.4, 0.5) is 0 Å². The number of hydrogen-bond acceptors (Lipinski definition) is 4. The molecule has 18 heavy (non-hydrogen) atoms. The van der Waals surface area contributed by atoms with Crippen molar-refractivity contribution in [3.8, 4) is 0 Å². The van der Waals surface area contributed by atoms with Gasteiger partial charge in [-0.2, -0.15) is 0 Å². The second kappa shape index (κ2) is 6.50. The fourth-order valence-electron chi connectivity index (χ4n) is 1.42. The minimum atomic E-state index is -0.420. The molecule has 0 radical (unpaired) electrons. The highest BCUT2D eigenvalue weighted by Crippen LogP contribution is 2.10. The Morgan fingerprint density at radius 2 is 2.00 bits per heavy atom. The van der Waals surface area contributed by atoms with Crippen LogP contribution in [0.1, 0.15) is 33.3 Å². The Labute approximate surface area is 109 Å². The normalized spacial score (nSPS) is 13.1. The molecule has 0 aromatic carbocycles. The van der Waals surface area contributed by atoms with Crippen molar-refractivity contribution in [2.75, 3.05) is 6.54 Å². The van der Waals surface area contributed by atoms with Crippen molar-refractivity contribution < 1.29 is 9.53 Å². The van der Waals surface area contributed by atoms with E-state index in [2.05, 4.69) is 10.3 Å². The van der Waals surface area contributed by atoms with Crippen LogP contribution < -0.4 is 5.32 Å². The summed E-state index contributed by atoms with van der Waals surface area (Å²) in [7, 11) is 0. The van der Waals surface area contributed by atoms with Gasteiger partial charge in [0, 0.05) is 25.5 Å². The number of nitrogens with zero attached hydrogens (tertiary/aromatic N) is 1.